The standard InChI is InChI=1S/C11H12ClN3/c1-8-5-6-14-15(8)7-9-10(12)3-2-4-11(9)13/h2-6H,7,13H2,1H3. The highest BCUT2D eigenvalue weighted by molar-refractivity contribution is 6.31. The lowest BCUT2D eigenvalue weighted by atomic mass is 10.2. The first-order valence-corrected chi connectivity index (χ1v) is 5.07. The van der Waals surface area contributed by atoms with Gasteiger partial charge in [0.05, 0.1) is 6.54 Å². The Bertz CT molecular complexity index is 456. The van der Waals surface area contributed by atoms with Gasteiger partial charge in [0.25, 0.3) is 0 Å². The summed E-state index contributed by atoms with van der Waals surface area (Å²) in [5.41, 5.74) is 8.58. The van der Waals surface area contributed by atoms with E-state index in [4.69, 9.17) is 17.3 Å². The lowest BCUT2D eigenvalue weighted by molar-refractivity contribution is 0.666. The van der Waals surface area contributed by atoms with Crippen LogP contribution in [-0.2, 0) is 6.54 Å². The maximum atomic E-state index is 6.08. The number of benzene rings is 1. The molecule has 0 atom stereocenters. The molecule has 78 valence electrons. The van der Waals surface area contributed by atoms with Crippen molar-refractivity contribution in [3.8, 4) is 0 Å². The van der Waals surface area contributed by atoms with Crippen molar-refractivity contribution in [3.63, 3.8) is 0 Å². The highest BCUT2D eigenvalue weighted by Gasteiger charge is 2.06. The summed E-state index contributed by atoms with van der Waals surface area (Å²) in [4.78, 5) is 0. The molecule has 0 radical (unpaired) electrons. The predicted octanol–water partition coefficient (Wildman–Crippen LogP) is 2.48. The van der Waals surface area contributed by atoms with E-state index in [1.165, 1.54) is 0 Å². The summed E-state index contributed by atoms with van der Waals surface area (Å²) in [5.74, 6) is 0. The summed E-state index contributed by atoms with van der Waals surface area (Å²) in [6, 6.07) is 7.48. The van der Waals surface area contributed by atoms with Crippen LogP contribution in [0.3, 0.4) is 0 Å². The van der Waals surface area contributed by atoms with Gasteiger partial charge in [-0.3, -0.25) is 4.68 Å². The van der Waals surface area contributed by atoms with Crippen LogP contribution in [0.2, 0.25) is 5.02 Å². The Morgan fingerprint density at radius 3 is 2.80 bits per heavy atom. The number of rotatable bonds is 2. The molecule has 0 aliphatic rings. The van der Waals surface area contributed by atoms with Crippen LogP contribution in [0.15, 0.2) is 30.5 Å². The minimum atomic E-state index is 0.615. The van der Waals surface area contributed by atoms with Crippen molar-refractivity contribution in [2.24, 2.45) is 0 Å². The number of nitrogens with two attached hydrogens (primary N) is 1. The molecule has 15 heavy (non-hydrogen) atoms. The fourth-order valence-electron chi connectivity index (χ4n) is 1.46. The van der Waals surface area contributed by atoms with E-state index in [1.807, 2.05) is 35.9 Å². The van der Waals surface area contributed by atoms with Gasteiger partial charge in [0.1, 0.15) is 0 Å². The molecule has 2 N–H and O–H groups in total. The minimum absolute atomic E-state index is 0.615. The Labute approximate surface area is 93.5 Å². The number of nitrogens with zero attached hydrogens (tertiary/aromatic N) is 2. The fourth-order valence-corrected chi connectivity index (χ4v) is 1.70. The van der Waals surface area contributed by atoms with Crippen molar-refractivity contribution in [1.82, 2.24) is 9.78 Å². The molecule has 0 bridgehead atoms. The Morgan fingerprint density at radius 1 is 1.40 bits per heavy atom. The third kappa shape index (κ3) is 1.97. The zero-order chi connectivity index (χ0) is 10.8. The van der Waals surface area contributed by atoms with Gasteiger partial charge in [-0.1, -0.05) is 17.7 Å². The molecule has 0 saturated heterocycles. The van der Waals surface area contributed by atoms with Crippen molar-refractivity contribution in [2.45, 2.75) is 13.5 Å². The van der Waals surface area contributed by atoms with Crippen molar-refractivity contribution in [3.05, 3.63) is 46.7 Å². The first-order valence-electron chi connectivity index (χ1n) is 4.70. The van der Waals surface area contributed by atoms with Gasteiger partial charge in [0.15, 0.2) is 0 Å². The Kier molecular flexibility index (Phi) is 2.64. The number of aromatic nitrogens is 2. The first kappa shape index (κ1) is 10.1. The van der Waals surface area contributed by atoms with Gasteiger partial charge >= 0.3 is 0 Å². The molecule has 0 unspecified atom stereocenters. The lowest BCUT2D eigenvalue weighted by Crippen LogP contribution is -2.06. The molecule has 4 heteroatoms. The molecule has 0 fully saturated rings. The van der Waals surface area contributed by atoms with E-state index >= 15 is 0 Å². The van der Waals surface area contributed by atoms with E-state index in [0.29, 0.717) is 17.3 Å². The molecule has 1 aromatic heterocycles. The van der Waals surface area contributed by atoms with Crippen molar-refractivity contribution in [1.29, 1.82) is 0 Å². The van der Waals surface area contributed by atoms with Gasteiger partial charge in [-0.15, -0.1) is 0 Å². The summed E-state index contributed by atoms with van der Waals surface area (Å²) in [5, 5.41) is 4.88. The van der Waals surface area contributed by atoms with Crippen LogP contribution < -0.4 is 5.73 Å². The average molecular weight is 222 g/mol. The van der Waals surface area contributed by atoms with E-state index in [1.54, 1.807) is 6.20 Å². The highest BCUT2D eigenvalue weighted by Crippen LogP contribution is 2.22. The zero-order valence-electron chi connectivity index (χ0n) is 8.44. The Morgan fingerprint density at radius 2 is 2.20 bits per heavy atom. The molecule has 1 heterocycles. The average Bonchev–Trinajstić information content (AvgIpc) is 2.58. The maximum Gasteiger partial charge on any atom is 0.0697 e. The highest BCUT2D eigenvalue weighted by atomic mass is 35.5. The molecule has 1 aromatic carbocycles. The maximum absolute atomic E-state index is 6.08. The molecule has 0 spiro atoms. The van der Waals surface area contributed by atoms with Crippen LogP contribution in [0, 0.1) is 6.92 Å². The molecule has 0 amide bonds. The van der Waals surface area contributed by atoms with Crippen LogP contribution >= 0.6 is 11.6 Å². The molecular weight excluding hydrogens is 210 g/mol. The summed E-state index contributed by atoms with van der Waals surface area (Å²) in [6.07, 6.45) is 1.77. The normalized spacial score (nSPS) is 10.5. The third-order valence-electron chi connectivity index (χ3n) is 2.39. The van der Waals surface area contributed by atoms with Gasteiger partial charge in [0, 0.05) is 28.2 Å². The van der Waals surface area contributed by atoms with Crippen LogP contribution in [-0.4, -0.2) is 9.78 Å². The molecule has 2 rings (SSSR count). The monoisotopic (exact) mass is 221 g/mol. The zero-order valence-corrected chi connectivity index (χ0v) is 9.20. The predicted molar refractivity (Wildman–Crippen MR) is 61.9 cm³/mol. The second kappa shape index (κ2) is 3.95. The Balaban J connectivity index is 2.36. The summed E-state index contributed by atoms with van der Waals surface area (Å²) >= 11 is 6.08. The summed E-state index contributed by atoms with van der Waals surface area (Å²) in [7, 11) is 0. The number of hydrogen-bond acceptors (Lipinski definition) is 2. The first-order chi connectivity index (χ1) is 7.18. The number of halogens is 1. The van der Waals surface area contributed by atoms with Crippen LogP contribution in [0.25, 0.3) is 0 Å². The fraction of sp³-hybridized carbons (Fsp3) is 0.182. The number of nitrogen functional groups attached to an aromatic ring is 1. The van der Waals surface area contributed by atoms with Gasteiger partial charge in [-0.05, 0) is 25.1 Å². The number of anilines is 1. The van der Waals surface area contributed by atoms with E-state index in [2.05, 4.69) is 5.10 Å². The second-order valence-corrected chi connectivity index (χ2v) is 3.85. The number of hydrogen-bond donors (Lipinski definition) is 1. The number of aryl methyl sites for hydroxylation is 1. The quantitative estimate of drug-likeness (QED) is 0.792. The van der Waals surface area contributed by atoms with Gasteiger partial charge in [0.2, 0.25) is 0 Å². The van der Waals surface area contributed by atoms with Gasteiger partial charge in [-0.25, -0.2) is 0 Å². The van der Waals surface area contributed by atoms with E-state index in [0.717, 1.165) is 11.3 Å². The summed E-state index contributed by atoms with van der Waals surface area (Å²) in [6.45, 7) is 2.62. The topological polar surface area (TPSA) is 43.8 Å². The van der Waals surface area contributed by atoms with Gasteiger partial charge in [-0.2, -0.15) is 5.10 Å². The van der Waals surface area contributed by atoms with Crippen LogP contribution in [0.4, 0.5) is 5.69 Å². The Hall–Kier alpha value is -1.48. The molecule has 3 nitrogen and oxygen atoms in total. The second-order valence-electron chi connectivity index (χ2n) is 3.44. The molecule has 0 aliphatic heterocycles. The lowest BCUT2D eigenvalue weighted by Gasteiger charge is -2.09. The minimum Gasteiger partial charge on any atom is -0.398 e. The van der Waals surface area contributed by atoms with Crippen molar-refractivity contribution in [2.75, 3.05) is 5.73 Å². The SMILES string of the molecule is Cc1ccnn1Cc1c(N)cccc1Cl. The smallest absolute Gasteiger partial charge is 0.0697 e. The van der Waals surface area contributed by atoms with E-state index in [-0.39, 0.29) is 0 Å². The van der Waals surface area contributed by atoms with Crippen molar-refractivity contribution >= 4 is 17.3 Å². The largest absolute Gasteiger partial charge is 0.398 e. The van der Waals surface area contributed by atoms with Gasteiger partial charge < -0.3 is 5.73 Å². The molecule has 0 aliphatic carbocycles. The molecular formula is C11H12ClN3. The van der Waals surface area contributed by atoms with Crippen molar-refractivity contribution < 1.29 is 0 Å². The van der Waals surface area contributed by atoms with E-state index in [9.17, 15) is 0 Å². The molecule has 0 saturated carbocycles. The van der Waals surface area contributed by atoms with Crippen LogP contribution in [0.1, 0.15) is 11.3 Å². The van der Waals surface area contributed by atoms with Crippen LogP contribution in [0.5, 0.6) is 0 Å². The van der Waals surface area contributed by atoms with E-state index < -0.39 is 0 Å². The third-order valence-corrected chi connectivity index (χ3v) is 2.75. The molecule has 2 aromatic rings. The summed E-state index contributed by atoms with van der Waals surface area (Å²) < 4.78 is 1.87.